The molecule has 0 saturated carbocycles. The fourth-order valence-electron chi connectivity index (χ4n) is 1.95. The van der Waals surface area contributed by atoms with Gasteiger partial charge >= 0.3 is 0 Å². The highest BCUT2D eigenvalue weighted by Gasteiger charge is 2.13. The van der Waals surface area contributed by atoms with Crippen LogP contribution in [0.2, 0.25) is 0 Å². The molecule has 1 aromatic heterocycles. The summed E-state index contributed by atoms with van der Waals surface area (Å²) >= 11 is 0. The number of ether oxygens (including phenoxy) is 3. The van der Waals surface area contributed by atoms with Crippen LogP contribution < -0.4 is 25.3 Å². The van der Waals surface area contributed by atoms with E-state index in [2.05, 4.69) is 10.3 Å². The minimum absolute atomic E-state index is 0. The van der Waals surface area contributed by atoms with Crippen molar-refractivity contribution < 1.29 is 19.0 Å². The lowest BCUT2D eigenvalue weighted by Crippen LogP contribution is -2.37. The van der Waals surface area contributed by atoms with E-state index >= 15 is 0 Å². The maximum Gasteiger partial charge on any atom is 0.236 e. The molecule has 1 heterocycles. The van der Waals surface area contributed by atoms with Crippen molar-refractivity contribution in [1.29, 1.82) is 0 Å². The first-order valence-electron chi connectivity index (χ1n) is 7.42. The first kappa shape index (κ1) is 23.8. The summed E-state index contributed by atoms with van der Waals surface area (Å²) in [4.78, 5) is 15.7. The number of benzene rings is 1. The Hall–Kier alpha value is -2.22. The van der Waals surface area contributed by atoms with Gasteiger partial charge in [-0.15, -0.1) is 24.8 Å². The van der Waals surface area contributed by atoms with E-state index in [1.165, 1.54) is 0 Å². The Bertz CT molecular complexity index is 675. The van der Waals surface area contributed by atoms with Crippen molar-refractivity contribution in [3.05, 3.63) is 42.1 Å². The normalized spacial score (nSPS) is 10.6. The number of carbonyl (C=O) groups excluding carboxylic acids is 1. The Morgan fingerprint density at radius 3 is 2.23 bits per heavy atom. The van der Waals surface area contributed by atoms with Crippen LogP contribution in [-0.4, -0.2) is 31.2 Å². The van der Waals surface area contributed by atoms with E-state index < -0.39 is 6.04 Å². The van der Waals surface area contributed by atoms with Gasteiger partial charge in [-0.25, -0.2) is 4.98 Å². The van der Waals surface area contributed by atoms with Crippen molar-refractivity contribution in [3.63, 3.8) is 0 Å². The Kier molecular flexibility index (Phi) is 10.4. The standard InChI is InChI=1S/C17H21N3O4.2ClH/c1-11(18)17(21)20-10-12-7-8-15(19-9-12)24-16-13(22-2)5-4-6-14(16)23-3;;/h4-9,11H,10,18H2,1-3H3,(H,20,21);2*1H/t11-;;/m1../s1. The molecule has 2 rings (SSSR count). The van der Waals surface area contributed by atoms with Crippen molar-refractivity contribution in [2.45, 2.75) is 19.5 Å². The molecule has 0 aliphatic rings. The molecule has 7 nitrogen and oxygen atoms in total. The number of rotatable bonds is 7. The van der Waals surface area contributed by atoms with Crippen LogP contribution in [0.25, 0.3) is 0 Å². The summed E-state index contributed by atoms with van der Waals surface area (Å²) < 4.78 is 16.3. The van der Waals surface area contributed by atoms with Crippen molar-refractivity contribution >= 4 is 30.7 Å². The third-order valence-corrected chi connectivity index (χ3v) is 3.27. The van der Waals surface area contributed by atoms with E-state index in [0.29, 0.717) is 29.7 Å². The Balaban J connectivity index is 0.00000312. The number of amides is 1. The number of halogens is 2. The van der Waals surface area contributed by atoms with Gasteiger partial charge < -0.3 is 25.3 Å². The summed E-state index contributed by atoms with van der Waals surface area (Å²) in [7, 11) is 3.11. The van der Waals surface area contributed by atoms with E-state index in [1.807, 2.05) is 12.1 Å². The molecule has 0 spiro atoms. The first-order chi connectivity index (χ1) is 11.5. The van der Waals surface area contributed by atoms with Crippen molar-refractivity contribution in [3.8, 4) is 23.1 Å². The van der Waals surface area contributed by atoms with Crippen LogP contribution in [0.1, 0.15) is 12.5 Å². The zero-order chi connectivity index (χ0) is 17.5. The van der Waals surface area contributed by atoms with Crippen LogP contribution in [0.3, 0.4) is 0 Å². The van der Waals surface area contributed by atoms with E-state index in [-0.39, 0.29) is 30.7 Å². The van der Waals surface area contributed by atoms with Gasteiger partial charge in [-0.1, -0.05) is 12.1 Å². The smallest absolute Gasteiger partial charge is 0.236 e. The molecule has 0 saturated heterocycles. The molecule has 1 atom stereocenters. The summed E-state index contributed by atoms with van der Waals surface area (Å²) in [6.45, 7) is 1.98. The SMILES string of the molecule is COc1cccc(OC)c1Oc1ccc(CNC(=O)[C@@H](C)N)cn1.Cl.Cl. The Morgan fingerprint density at radius 2 is 1.77 bits per heavy atom. The van der Waals surface area contributed by atoms with Crippen LogP contribution in [0.4, 0.5) is 0 Å². The second kappa shape index (κ2) is 11.4. The predicted molar refractivity (Wildman–Crippen MR) is 104 cm³/mol. The molecular weight excluding hydrogens is 381 g/mol. The molecule has 2 aromatic rings. The number of hydrogen-bond donors (Lipinski definition) is 2. The van der Waals surface area contributed by atoms with Gasteiger partial charge in [0.05, 0.1) is 20.3 Å². The lowest BCUT2D eigenvalue weighted by molar-refractivity contribution is -0.122. The highest BCUT2D eigenvalue weighted by molar-refractivity contribution is 5.85. The van der Waals surface area contributed by atoms with Crippen molar-refractivity contribution in [1.82, 2.24) is 10.3 Å². The highest BCUT2D eigenvalue weighted by Crippen LogP contribution is 2.39. The van der Waals surface area contributed by atoms with E-state index in [1.54, 1.807) is 45.5 Å². The molecule has 26 heavy (non-hydrogen) atoms. The number of nitrogens with two attached hydrogens (primary N) is 1. The van der Waals surface area contributed by atoms with E-state index in [4.69, 9.17) is 19.9 Å². The van der Waals surface area contributed by atoms with Crippen molar-refractivity contribution in [2.75, 3.05) is 14.2 Å². The van der Waals surface area contributed by atoms with E-state index in [0.717, 1.165) is 5.56 Å². The van der Waals surface area contributed by atoms with Crippen molar-refractivity contribution in [2.24, 2.45) is 5.73 Å². The van der Waals surface area contributed by atoms with Gasteiger partial charge in [-0.3, -0.25) is 4.79 Å². The molecular formula is C17H23Cl2N3O4. The van der Waals surface area contributed by atoms with Crippen LogP contribution in [0.5, 0.6) is 23.1 Å². The topological polar surface area (TPSA) is 95.7 Å². The number of aromatic nitrogens is 1. The molecule has 0 radical (unpaired) electrons. The fourth-order valence-corrected chi connectivity index (χ4v) is 1.95. The number of carbonyl (C=O) groups is 1. The maximum atomic E-state index is 11.5. The van der Waals surface area contributed by atoms with Gasteiger partial charge in [0, 0.05) is 18.8 Å². The van der Waals surface area contributed by atoms with Crippen LogP contribution >= 0.6 is 24.8 Å². The monoisotopic (exact) mass is 403 g/mol. The van der Waals surface area contributed by atoms with Crippen LogP contribution in [-0.2, 0) is 11.3 Å². The summed E-state index contributed by atoms with van der Waals surface area (Å²) in [5, 5.41) is 2.72. The van der Waals surface area contributed by atoms with E-state index in [9.17, 15) is 4.79 Å². The molecule has 1 amide bonds. The first-order valence-corrected chi connectivity index (χ1v) is 7.42. The van der Waals surface area contributed by atoms with Gasteiger partial charge in [0.1, 0.15) is 0 Å². The number of para-hydroxylation sites is 1. The number of nitrogens with one attached hydrogen (secondary N) is 1. The number of nitrogens with zero attached hydrogens (tertiary/aromatic N) is 1. The lowest BCUT2D eigenvalue weighted by atomic mass is 10.2. The van der Waals surface area contributed by atoms with Crippen LogP contribution in [0.15, 0.2) is 36.5 Å². The number of hydrogen-bond acceptors (Lipinski definition) is 6. The van der Waals surface area contributed by atoms with Crippen LogP contribution in [0, 0.1) is 0 Å². The zero-order valence-corrected chi connectivity index (χ0v) is 16.4. The third-order valence-electron chi connectivity index (χ3n) is 3.27. The van der Waals surface area contributed by atoms with Gasteiger partial charge in [-0.05, 0) is 24.6 Å². The summed E-state index contributed by atoms with van der Waals surface area (Å²) in [6, 6.07) is 8.33. The predicted octanol–water partition coefficient (Wildman–Crippen LogP) is 2.70. The second-order valence-corrected chi connectivity index (χ2v) is 5.10. The minimum Gasteiger partial charge on any atom is -0.493 e. The average molecular weight is 404 g/mol. The van der Waals surface area contributed by atoms with Gasteiger partial charge in [0.2, 0.25) is 17.5 Å². The molecule has 144 valence electrons. The minimum atomic E-state index is -0.543. The molecule has 0 fully saturated rings. The molecule has 9 heteroatoms. The number of pyridine rings is 1. The van der Waals surface area contributed by atoms with Gasteiger partial charge in [-0.2, -0.15) is 0 Å². The number of methoxy groups -OCH3 is 2. The summed E-state index contributed by atoms with van der Waals surface area (Å²) in [6.07, 6.45) is 1.62. The fraction of sp³-hybridized carbons (Fsp3) is 0.294. The molecule has 0 aliphatic heterocycles. The highest BCUT2D eigenvalue weighted by atomic mass is 35.5. The molecule has 0 aliphatic carbocycles. The molecule has 0 bridgehead atoms. The Labute approximate surface area is 165 Å². The summed E-state index contributed by atoms with van der Waals surface area (Å²) in [5.74, 6) is 1.72. The maximum absolute atomic E-state index is 11.5. The van der Waals surface area contributed by atoms with Gasteiger partial charge in [0.15, 0.2) is 11.5 Å². The molecule has 0 unspecified atom stereocenters. The molecule has 1 aromatic carbocycles. The third kappa shape index (κ3) is 6.25. The Morgan fingerprint density at radius 1 is 1.15 bits per heavy atom. The average Bonchev–Trinajstić information content (AvgIpc) is 2.60. The quantitative estimate of drug-likeness (QED) is 0.737. The summed E-state index contributed by atoms with van der Waals surface area (Å²) in [5.41, 5.74) is 6.33. The molecule has 3 N–H and O–H groups in total. The largest absolute Gasteiger partial charge is 0.493 e. The second-order valence-electron chi connectivity index (χ2n) is 5.10. The van der Waals surface area contributed by atoms with Gasteiger partial charge in [0.25, 0.3) is 0 Å². The zero-order valence-electron chi connectivity index (χ0n) is 14.7. The lowest BCUT2D eigenvalue weighted by Gasteiger charge is -2.13.